The van der Waals surface area contributed by atoms with E-state index in [1.807, 2.05) is 6.07 Å². The summed E-state index contributed by atoms with van der Waals surface area (Å²) < 4.78 is 27.8. The Hall–Kier alpha value is -3.92. The fourth-order valence-corrected chi connectivity index (χ4v) is 3.77. The molecule has 0 aliphatic heterocycles. The van der Waals surface area contributed by atoms with E-state index >= 15 is 0 Å². The third-order valence-electron chi connectivity index (χ3n) is 4.24. The fourth-order valence-electron chi connectivity index (χ4n) is 2.69. The number of aromatic nitrogens is 1. The van der Waals surface area contributed by atoms with E-state index in [-0.39, 0.29) is 16.1 Å². The number of urea groups is 1. The highest BCUT2D eigenvalue weighted by atomic mass is 32.2. The normalized spacial score (nSPS) is 10.7. The second-order valence-electron chi connectivity index (χ2n) is 6.42. The second kappa shape index (κ2) is 9.72. The first-order valence-electron chi connectivity index (χ1n) is 9.27. The van der Waals surface area contributed by atoms with E-state index in [2.05, 4.69) is 25.7 Å². The maximum absolute atomic E-state index is 12.7. The van der Waals surface area contributed by atoms with Crippen LogP contribution in [0.3, 0.4) is 0 Å². The van der Waals surface area contributed by atoms with Gasteiger partial charge in [0, 0.05) is 31.7 Å². The van der Waals surface area contributed by atoms with Crippen molar-refractivity contribution in [3.63, 3.8) is 0 Å². The Morgan fingerprint density at radius 2 is 1.71 bits per heavy atom. The Kier molecular flexibility index (Phi) is 6.83. The molecule has 3 aromatic rings. The molecule has 1 aromatic heterocycles. The van der Waals surface area contributed by atoms with Gasteiger partial charge in [-0.15, -0.1) is 0 Å². The van der Waals surface area contributed by atoms with Gasteiger partial charge in [0.2, 0.25) is 0 Å². The van der Waals surface area contributed by atoms with Crippen LogP contribution in [0.4, 0.5) is 16.2 Å². The predicted molar refractivity (Wildman–Crippen MR) is 117 cm³/mol. The monoisotopic (exact) mass is 439 g/mol. The van der Waals surface area contributed by atoms with Crippen LogP contribution >= 0.6 is 0 Å². The number of carbonyl (C=O) groups excluding carboxylic acids is 2. The van der Waals surface area contributed by atoms with Gasteiger partial charge in [-0.3, -0.25) is 14.5 Å². The van der Waals surface area contributed by atoms with E-state index in [1.54, 1.807) is 30.6 Å². The molecule has 3 amide bonds. The van der Waals surface area contributed by atoms with Crippen molar-refractivity contribution in [2.75, 3.05) is 17.1 Å². The van der Waals surface area contributed by atoms with Gasteiger partial charge in [0.1, 0.15) is 0 Å². The molecule has 160 valence electrons. The highest BCUT2D eigenvalue weighted by Gasteiger charge is 2.18. The zero-order valence-electron chi connectivity index (χ0n) is 16.6. The van der Waals surface area contributed by atoms with E-state index in [0.29, 0.717) is 12.2 Å². The van der Waals surface area contributed by atoms with Gasteiger partial charge in [0.05, 0.1) is 16.1 Å². The molecule has 0 unspecified atom stereocenters. The van der Waals surface area contributed by atoms with E-state index in [0.717, 1.165) is 5.56 Å². The molecule has 0 fully saturated rings. The van der Waals surface area contributed by atoms with E-state index < -0.39 is 22.0 Å². The summed E-state index contributed by atoms with van der Waals surface area (Å²) in [6, 6.07) is 15.1. The lowest BCUT2D eigenvalue weighted by atomic mass is 10.2. The lowest BCUT2D eigenvalue weighted by Crippen LogP contribution is -2.28. The van der Waals surface area contributed by atoms with Gasteiger partial charge in [-0.1, -0.05) is 18.2 Å². The number of benzene rings is 2. The van der Waals surface area contributed by atoms with Gasteiger partial charge < -0.3 is 16.0 Å². The van der Waals surface area contributed by atoms with Gasteiger partial charge in [-0.25, -0.2) is 13.2 Å². The minimum absolute atomic E-state index is 0.0134. The average molecular weight is 439 g/mol. The molecule has 3 rings (SSSR count). The molecular weight excluding hydrogens is 418 g/mol. The van der Waals surface area contributed by atoms with Crippen LogP contribution in [-0.4, -0.2) is 32.4 Å². The number of carbonyl (C=O) groups is 2. The number of rotatable bonds is 7. The van der Waals surface area contributed by atoms with Gasteiger partial charge in [-0.2, -0.15) is 0 Å². The van der Waals surface area contributed by atoms with Crippen molar-refractivity contribution in [2.45, 2.75) is 11.4 Å². The van der Waals surface area contributed by atoms with Crippen LogP contribution in [0.1, 0.15) is 15.9 Å². The SMILES string of the molecule is CNC(=O)c1ccccc1NS(=O)(=O)c1ccc(NC(=O)NCc2cccnc2)cc1. The molecule has 0 saturated heterocycles. The minimum Gasteiger partial charge on any atom is -0.355 e. The topological polar surface area (TPSA) is 129 Å². The van der Waals surface area contributed by atoms with Crippen LogP contribution in [-0.2, 0) is 16.6 Å². The molecule has 0 aliphatic rings. The van der Waals surface area contributed by atoms with Gasteiger partial charge in [0.15, 0.2) is 0 Å². The van der Waals surface area contributed by atoms with Crippen molar-refractivity contribution < 1.29 is 18.0 Å². The summed E-state index contributed by atoms with van der Waals surface area (Å²) in [6.45, 7) is 0.306. The first-order chi connectivity index (χ1) is 14.9. The van der Waals surface area contributed by atoms with Crippen molar-refractivity contribution in [3.8, 4) is 0 Å². The minimum atomic E-state index is -3.93. The Balaban J connectivity index is 1.65. The third-order valence-corrected chi connectivity index (χ3v) is 5.62. The lowest BCUT2D eigenvalue weighted by molar-refractivity contribution is 0.0964. The molecular formula is C21H21N5O4S. The molecule has 9 nitrogen and oxygen atoms in total. The highest BCUT2D eigenvalue weighted by molar-refractivity contribution is 7.92. The summed E-state index contributed by atoms with van der Waals surface area (Å²) >= 11 is 0. The standard InChI is InChI=1S/C21H21N5O4S/c1-22-20(27)18-6-2-3-7-19(18)26-31(29,30)17-10-8-16(9-11-17)25-21(28)24-14-15-5-4-12-23-13-15/h2-13,26H,14H2,1H3,(H,22,27)(H2,24,25,28). The largest absolute Gasteiger partial charge is 0.355 e. The summed E-state index contributed by atoms with van der Waals surface area (Å²) in [4.78, 5) is 27.9. The number of hydrogen-bond acceptors (Lipinski definition) is 5. The van der Waals surface area contributed by atoms with Gasteiger partial charge in [-0.05, 0) is 48.0 Å². The summed E-state index contributed by atoms with van der Waals surface area (Å²) in [5, 5.41) is 7.79. The number of nitrogens with one attached hydrogen (secondary N) is 4. The first-order valence-corrected chi connectivity index (χ1v) is 10.7. The number of nitrogens with zero attached hydrogens (tertiary/aromatic N) is 1. The first kappa shape index (κ1) is 21.8. The molecule has 2 aromatic carbocycles. The summed E-state index contributed by atoms with van der Waals surface area (Å²) in [5.74, 6) is -0.407. The molecule has 0 atom stereocenters. The quantitative estimate of drug-likeness (QED) is 0.450. The molecule has 31 heavy (non-hydrogen) atoms. The molecule has 0 spiro atoms. The van der Waals surface area contributed by atoms with Crippen LogP contribution in [0.15, 0.2) is 78.0 Å². The number of para-hydroxylation sites is 1. The smallest absolute Gasteiger partial charge is 0.319 e. The summed E-state index contributed by atoms with van der Waals surface area (Å²) in [7, 11) is -2.47. The molecule has 4 N–H and O–H groups in total. The number of hydrogen-bond donors (Lipinski definition) is 4. The zero-order chi connectivity index (χ0) is 22.3. The molecule has 10 heteroatoms. The lowest BCUT2D eigenvalue weighted by Gasteiger charge is -2.12. The number of sulfonamides is 1. The average Bonchev–Trinajstić information content (AvgIpc) is 2.78. The van der Waals surface area contributed by atoms with Crippen molar-refractivity contribution in [1.82, 2.24) is 15.6 Å². The second-order valence-corrected chi connectivity index (χ2v) is 8.11. The molecule has 1 heterocycles. The third kappa shape index (κ3) is 5.80. The van der Waals surface area contributed by atoms with Crippen molar-refractivity contribution in [1.29, 1.82) is 0 Å². The van der Waals surface area contributed by atoms with Gasteiger partial charge in [0.25, 0.3) is 15.9 Å². The number of anilines is 2. The fraction of sp³-hybridized carbons (Fsp3) is 0.0952. The van der Waals surface area contributed by atoms with Crippen LogP contribution in [0, 0.1) is 0 Å². The van der Waals surface area contributed by atoms with E-state index in [4.69, 9.17) is 0 Å². The van der Waals surface area contributed by atoms with Crippen molar-refractivity contribution in [3.05, 3.63) is 84.2 Å². The Morgan fingerprint density at radius 1 is 0.968 bits per heavy atom. The van der Waals surface area contributed by atoms with Crippen molar-refractivity contribution in [2.24, 2.45) is 0 Å². The van der Waals surface area contributed by atoms with Crippen LogP contribution < -0.4 is 20.7 Å². The number of pyridine rings is 1. The number of amides is 3. The van der Waals surface area contributed by atoms with Crippen LogP contribution in [0.25, 0.3) is 0 Å². The Bertz CT molecular complexity index is 1170. The van der Waals surface area contributed by atoms with Crippen LogP contribution in [0.2, 0.25) is 0 Å². The summed E-state index contributed by atoms with van der Waals surface area (Å²) in [6.07, 6.45) is 3.29. The molecule has 0 bridgehead atoms. The van der Waals surface area contributed by atoms with Gasteiger partial charge >= 0.3 is 6.03 Å². The molecule has 0 saturated carbocycles. The molecule has 0 aliphatic carbocycles. The Morgan fingerprint density at radius 3 is 2.39 bits per heavy atom. The maximum atomic E-state index is 12.7. The van der Waals surface area contributed by atoms with Crippen LogP contribution in [0.5, 0.6) is 0 Å². The zero-order valence-corrected chi connectivity index (χ0v) is 17.4. The Labute approximate surface area is 180 Å². The predicted octanol–water partition coefficient (Wildman–Crippen LogP) is 2.56. The van der Waals surface area contributed by atoms with E-state index in [9.17, 15) is 18.0 Å². The van der Waals surface area contributed by atoms with Crippen molar-refractivity contribution >= 4 is 33.3 Å². The maximum Gasteiger partial charge on any atom is 0.319 e. The van der Waals surface area contributed by atoms with E-state index in [1.165, 1.54) is 43.4 Å². The molecule has 0 radical (unpaired) electrons. The highest BCUT2D eigenvalue weighted by Crippen LogP contribution is 2.21. The summed E-state index contributed by atoms with van der Waals surface area (Å²) in [5.41, 5.74) is 1.64.